The van der Waals surface area contributed by atoms with E-state index < -0.39 is 15.9 Å². The zero-order valence-electron chi connectivity index (χ0n) is 15.6. The van der Waals surface area contributed by atoms with E-state index in [2.05, 4.69) is 14.1 Å². The van der Waals surface area contributed by atoms with E-state index in [0.29, 0.717) is 41.1 Å². The van der Waals surface area contributed by atoms with Gasteiger partial charge >= 0.3 is 0 Å². The number of carbonyl (C=O) groups excluding carboxylic acids is 1. The number of hydrogen-bond donors (Lipinski definition) is 1. The van der Waals surface area contributed by atoms with E-state index in [1.54, 1.807) is 24.3 Å². The lowest BCUT2D eigenvalue weighted by Crippen LogP contribution is -2.43. The van der Waals surface area contributed by atoms with Gasteiger partial charge in [0.25, 0.3) is 0 Å². The van der Waals surface area contributed by atoms with Crippen molar-refractivity contribution in [1.29, 1.82) is 0 Å². The maximum absolute atomic E-state index is 13.2. The van der Waals surface area contributed by atoms with E-state index in [4.69, 9.17) is 11.6 Å². The van der Waals surface area contributed by atoms with Crippen LogP contribution in [0.4, 0.5) is 5.69 Å². The number of aromatic nitrogens is 2. The molecule has 0 aliphatic carbocycles. The summed E-state index contributed by atoms with van der Waals surface area (Å²) in [7, 11) is -3.77. The Morgan fingerprint density at radius 1 is 1.28 bits per heavy atom. The number of aryl methyl sites for hydroxylation is 1. The van der Waals surface area contributed by atoms with E-state index in [0.717, 1.165) is 17.3 Å². The first kappa shape index (κ1) is 20.2. The molecular weight excluding hydrogens is 432 g/mol. The highest BCUT2D eigenvalue weighted by molar-refractivity contribution is 7.89. The summed E-state index contributed by atoms with van der Waals surface area (Å²) in [6.07, 6.45) is 1.23. The van der Waals surface area contributed by atoms with Crippen molar-refractivity contribution in [3.05, 3.63) is 47.0 Å². The van der Waals surface area contributed by atoms with Crippen LogP contribution >= 0.6 is 23.3 Å². The Bertz CT molecular complexity index is 1180. The van der Waals surface area contributed by atoms with Crippen LogP contribution in [-0.2, 0) is 14.8 Å². The molecule has 1 aliphatic rings. The van der Waals surface area contributed by atoms with Gasteiger partial charge in [-0.2, -0.15) is 13.1 Å². The standard InChI is InChI=1S/C19H19ClN4O3S2/c1-12-7-8-14(10-15(12)20)21-19(25)13-4-3-9-24(11-13)29(26,27)17-6-2-5-16-18(17)23-28-22-16/h2,5-8,10,13H,3-4,9,11H2,1H3,(H,21,25). The number of nitrogens with one attached hydrogen (secondary N) is 1. The van der Waals surface area contributed by atoms with Crippen LogP contribution in [0.2, 0.25) is 5.02 Å². The van der Waals surface area contributed by atoms with Gasteiger partial charge in [0.1, 0.15) is 15.9 Å². The molecule has 1 unspecified atom stereocenters. The summed E-state index contributed by atoms with van der Waals surface area (Å²) in [6, 6.07) is 10.2. The Hall–Kier alpha value is -2.07. The van der Waals surface area contributed by atoms with Crippen LogP contribution in [-0.4, -0.2) is 40.5 Å². The Kier molecular flexibility index (Phi) is 5.56. The van der Waals surface area contributed by atoms with Gasteiger partial charge in [-0.15, -0.1) is 0 Å². The van der Waals surface area contributed by atoms with E-state index >= 15 is 0 Å². The average Bonchev–Trinajstić information content (AvgIpc) is 3.19. The molecule has 0 saturated carbocycles. The summed E-state index contributed by atoms with van der Waals surface area (Å²) >= 11 is 7.10. The van der Waals surface area contributed by atoms with Crippen molar-refractivity contribution < 1.29 is 13.2 Å². The monoisotopic (exact) mass is 450 g/mol. The molecule has 3 aromatic rings. The highest BCUT2D eigenvalue weighted by Crippen LogP contribution is 2.29. The van der Waals surface area contributed by atoms with E-state index in [9.17, 15) is 13.2 Å². The molecule has 1 amide bonds. The Balaban J connectivity index is 1.53. The number of amides is 1. The molecular formula is C19H19ClN4O3S2. The molecule has 10 heteroatoms. The van der Waals surface area contributed by atoms with Crippen molar-refractivity contribution in [3.8, 4) is 0 Å². The van der Waals surface area contributed by atoms with Crippen molar-refractivity contribution in [3.63, 3.8) is 0 Å². The average molecular weight is 451 g/mol. The number of carbonyl (C=O) groups is 1. The Labute approximate surface area is 178 Å². The lowest BCUT2D eigenvalue weighted by atomic mass is 9.98. The fraction of sp³-hybridized carbons (Fsp3) is 0.316. The van der Waals surface area contributed by atoms with Gasteiger partial charge in [-0.25, -0.2) is 8.42 Å². The lowest BCUT2D eigenvalue weighted by molar-refractivity contribution is -0.120. The number of benzene rings is 2. The van der Waals surface area contributed by atoms with Crippen LogP contribution in [0.5, 0.6) is 0 Å². The summed E-state index contributed by atoms with van der Waals surface area (Å²) in [5.74, 6) is -0.648. The van der Waals surface area contributed by atoms with Crippen molar-refractivity contribution in [2.75, 3.05) is 18.4 Å². The summed E-state index contributed by atoms with van der Waals surface area (Å²) in [5.41, 5.74) is 2.45. The number of fused-ring (bicyclic) bond motifs is 1. The topological polar surface area (TPSA) is 92.3 Å². The first-order valence-electron chi connectivity index (χ1n) is 9.15. The molecule has 1 aliphatic heterocycles. The molecule has 0 bridgehead atoms. The third-order valence-corrected chi connectivity index (χ3v) is 7.91. The molecule has 2 heterocycles. The van der Waals surface area contributed by atoms with Crippen LogP contribution in [0.15, 0.2) is 41.3 Å². The van der Waals surface area contributed by atoms with Crippen LogP contribution in [0, 0.1) is 12.8 Å². The van der Waals surface area contributed by atoms with Crippen LogP contribution in [0.3, 0.4) is 0 Å². The number of sulfonamides is 1. The molecule has 1 saturated heterocycles. The number of piperidine rings is 1. The number of nitrogens with zero attached hydrogens (tertiary/aromatic N) is 3. The zero-order valence-corrected chi connectivity index (χ0v) is 18.0. The van der Waals surface area contributed by atoms with Gasteiger partial charge in [0.15, 0.2) is 0 Å². The Morgan fingerprint density at radius 2 is 2.10 bits per heavy atom. The SMILES string of the molecule is Cc1ccc(NC(=O)C2CCCN(S(=O)(=O)c3cccc4nsnc34)C2)cc1Cl. The smallest absolute Gasteiger partial charge is 0.245 e. The summed E-state index contributed by atoms with van der Waals surface area (Å²) < 4.78 is 36.1. The molecule has 4 rings (SSSR count). The maximum atomic E-state index is 13.2. The molecule has 1 N–H and O–H groups in total. The van der Waals surface area contributed by atoms with Gasteiger partial charge in [0.05, 0.1) is 17.6 Å². The van der Waals surface area contributed by atoms with Gasteiger partial charge < -0.3 is 5.32 Å². The van der Waals surface area contributed by atoms with Crippen LogP contribution < -0.4 is 5.32 Å². The van der Waals surface area contributed by atoms with Gasteiger partial charge in [0, 0.05) is 23.8 Å². The number of hydrogen-bond acceptors (Lipinski definition) is 6. The molecule has 29 heavy (non-hydrogen) atoms. The van der Waals surface area contributed by atoms with E-state index in [-0.39, 0.29) is 17.3 Å². The number of halogens is 1. The number of anilines is 1. The van der Waals surface area contributed by atoms with Crippen molar-refractivity contribution in [2.24, 2.45) is 5.92 Å². The maximum Gasteiger partial charge on any atom is 0.245 e. The molecule has 1 atom stereocenters. The largest absolute Gasteiger partial charge is 0.326 e. The summed E-state index contributed by atoms with van der Waals surface area (Å²) in [6.45, 7) is 2.38. The molecule has 0 spiro atoms. The second-order valence-electron chi connectivity index (χ2n) is 7.04. The normalized spacial score (nSPS) is 18.1. The predicted molar refractivity (Wildman–Crippen MR) is 114 cm³/mol. The quantitative estimate of drug-likeness (QED) is 0.654. The van der Waals surface area contributed by atoms with Gasteiger partial charge in [-0.1, -0.05) is 23.7 Å². The van der Waals surface area contributed by atoms with E-state index in [1.165, 1.54) is 10.4 Å². The molecule has 2 aromatic carbocycles. The minimum Gasteiger partial charge on any atom is -0.326 e. The molecule has 1 aromatic heterocycles. The number of rotatable bonds is 4. The zero-order chi connectivity index (χ0) is 20.6. The Morgan fingerprint density at radius 3 is 2.90 bits per heavy atom. The predicted octanol–water partition coefficient (Wildman–Crippen LogP) is 3.69. The van der Waals surface area contributed by atoms with Crippen molar-refractivity contribution in [1.82, 2.24) is 13.1 Å². The molecule has 1 fully saturated rings. The summed E-state index contributed by atoms with van der Waals surface area (Å²) in [5, 5.41) is 3.42. The second-order valence-corrected chi connectivity index (χ2v) is 9.89. The molecule has 7 nitrogen and oxygen atoms in total. The first-order chi connectivity index (χ1) is 13.9. The molecule has 0 radical (unpaired) electrons. The van der Waals surface area contributed by atoms with Gasteiger partial charge in [-0.05, 0) is 49.6 Å². The highest BCUT2D eigenvalue weighted by atomic mass is 35.5. The highest BCUT2D eigenvalue weighted by Gasteiger charge is 2.34. The first-order valence-corrected chi connectivity index (χ1v) is 11.7. The third kappa shape index (κ3) is 4.00. The second kappa shape index (κ2) is 7.98. The lowest BCUT2D eigenvalue weighted by Gasteiger charge is -2.31. The third-order valence-electron chi connectivity index (χ3n) is 5.06. The van der Waals surface area contributed by atoms with Crippen molar-refractivity contribution in [2.45, 2.75) is 24.7 Å². The van der Waals surface area contributed by atoms with Gasteiger partial charge in [0.2, 0.25) is 15.9 Å². The van der Waals surface area contributed by atoms with Crippen molar-refractivity contribution >= 4 is 56.0 Å². The fourth-order valence-corrected chi connectivity index (χ4v) is 5.88. The minimum absolute atomic E-state index is 0.127. The fourth-order valence-electron chi connectivity index (χ4n) is 3.42. The summed E-state index contributed by atoms with van der Waals surface area (Å²) in [4.78, 5) is 12.9. The molecule has 152 valence electrons. The van der Waals surface area contributed by atoms with Crippen LogP contribution in [0.1, 0.15) is 18.4 Å². The van der Waals surface area contributed by atoms with E-state index in [1.807, 2.05) is 13.0 Å². The van der Waals surface area contributed by atoms with Gasteiger partial charge in [-0.3, -0.25) is 4.79 Å². The van der Waals surface area contributed by atoms with Crippen LogP contribution in [0.25, 0.3) is 11.0 Å². The minimum atomic E-state index is -3.77.